The normalized spacial score (nSPS) is 15.3. The number of hydrogen-bond donors (Lipinski definition) is 2. The molecular weight excluding hydrogens is 316 g/mol. The number of nitrogens with zero attached hydrogens (tertiary/aromatic N) is 2. The maximum atomic E-state index is 5.41. The minimum Gasteiger partial charge on any atom is -0.497 e. The number of hydrogen-bond acceptors (Lipinski definition) is 6. The third-order valence-corrected chi connectivity index (χ3v) is 4.52. The molecule has 2 N–H and O–H groups in total. The summed E-state index contributed by atoms with van der Waals surface area (Å²) in [7, 11) is 3.26. The summed E-state index contributed by atoms with van der Waals surface area (Å²) in [6.45, 7) is 0. The Morgan fingerprint density at radius 2 is 1.80 bits per heavy atom. The van der Waals surface area contributed by atoms with Gasteiger partial charge in [-0.3, -0.25) is 0 Å². The van der Waals surface area contributed by atoms with Gasteiger partial charge >= 0.3 is 0 Å². The molecule has 1 aliphatic carbocycles. The maximum absolute atomic E-state index is 5.41. The van der Waals surface area contributed by atoms with Crippen LogP contribution in [-0.2, 0) is 0 Å². The molecule has 0 amide bonds. The van der Waals surface area contributed by atoms with Gasteiger partial charge in [-0.25, -0.2) is 4.98 Å². The van der Waals surface area contributed by atoms with Crippen molar-refractivity contribution in [2.75, 3.05) is 24.9 Å². The van der Waals surface area contributed by atoms with Crippen molar-refractivity contribution in [3.05, 3.63) is 30.5 Å². The summed E-state index contributed by atoms with van der Waals surface area (Å²) in [5, 5.41) is 6.77. The van der Waals surface area contributed by atoms with Gasteiger partial charge in [0, 0.05) is 18.3 Å². The zero-order chi connectivity index (χ0) is 17.5. The molecule has 1 fully saturated rings. The Labute approximate surface area is 149 Å². The van der Waals surface area contributed by atoms with E-state index in [9.17, 15) is 0 Å². The second-order valence-corrected chi connectivity index (χ2v) is 6.29. The molecule has 1 aliphatic rings. The van der Waals surface area contributed by atoms with Crippen LogP contribution in [0.1, 0.15) is 38.5 Å². The quantitative estimate of drug-likeness (QED) is 0.760. The molecule has 0 spiro atoms. The Balaban J connectivity index is 1.71. The van der Waals surface area contributed by atoms with Crippen molar-refractivity contribution in [3.63, 3.8) is 0 Å². The van der Waals surface area contributed by atoms with Gasteiger partial charge in [0.15, 0.2) is 0 Å². The van der Waals surface area contributed by atoms with Crippen LogP contribution in [-0.4, -0.2) is 30.2 Å². The van der Waals surface area contributed by atoms with E-state index in [1.165, 1.54) is 38.5 Å². The lowest BCUT2D eigenvalue weighted by Crippen LogP contribution is -2.19. The molecule has 1 aromatic heterocycles. The number of nitrogens with one attached hydrogen (secondary N) is 2. The van der Waals surface area contributed by atoms with Gasteiger partial charge in [-0.15, -0.1) is 0 Å². The first-order valence-electron chi connectivity index (χ1n) is 8.87. The highest BCUT2D eigenvalue weighted by Crippen LogP contribution is 2.30. The van der Waals surface area contributed by atoms with Crippen LogP contribution in [0.15, 0.2) is 30.5 Å². The molecule has 0 aliphatic heterocycles. The van der Waals surface area contributed by atoms with E-state index in [4.69, 9.17) is 9.47 Å². The topological polar surface area (TPSA) is 68.3 Å². The summed E-state index contributed by atoms with van der Waals surface area (Å²) in [5.74, 6) is 2.83. The molecule has 0 bridgehead atoms. The first kappa shape index (κ1) is 17.3. The monoisotopic (exact) mass is 342 g/mol. The molecule has 0 unspecified atom stereocenters. The average molecular weight is 342 g/mol. The van der Waals surface area contributed by atoms with E-state index < -0.39 is 0 Å². The van der Waals surface area contributed by atoms with Crippen molar-refractivity contribution in [3.8, 4) is 11.5 Å². The smallest absolute Gasteiger partial charge is 0.229 e. The molecule has 6 heteroatoms. The van der Waals surface area contributed by atoms with Crippen LogP contribution in [0, 0.1) is 0 Å². The fourth-order valence-corrected chi connectivity index (χ4v) is 3.15. The standard InChI is InChI=1S/C19H26N4O2/c1-24-15-9-10-16(17(13-15)25-2)22-19-20-12-11-18(23-19)21-14-7-5-3-4-6-8-14/h9-14H,3-8H2,1-2H3,(H2,20,21,22,23). The minimum absolute atomic E-state index is 0.501. The summed E-state index contributed by atoms with van der Waals surface area (Å²) in [6, 6.07) is 8.02. The lowest BCUT2D eigenvalue weighted by molar-refractivity contribution is 0.395. The molecule has 0 saturated heterocycles. The predicted octanol–water partition coefficient (Wildman–Crippen LogP) is 4.37. The van der Waals surface area contributed by atoms with Crippen LogP contribution in [0.4, 0.5) is 17.5 Å². The van der Waals surface area contributed by atoms with Crippen molar-refractivity contribution in [1.29, 1.82) is 0 Å². The third kappa shape index (κ3) is 4.75. The Morgan fingerprint density at radius 3 is 2.52 bits per heavy atom. The highest BCUT2D eigenvalue weighted by molar-refractivity contribution is 5.64. The Bertz CT molecular complexity index is 685. The number of rotatable bonds is 6. The highest BCUT2D eigenvalue weighted by atomic mass is 16.5. The van der Waals surface area contributed by atoms with Gasteiger partial charge in [-0.1, -0.05) is 25.7 Å². The van der Waals surface area contributed by atoms with E-state index in [1.54, 1.807) is 20.4 Å². The van der Waals surface area contributed by atoms with Gasteiger partial charge in [-0.05, 0) is 31.0 Å². The van der Waals surface area contributed by atoms with E-state index in [1.807, 2.05) is 24.3 Å². The number of anilines is 3. The molecule has 0 radical (unpaired) electrons. The van der Waals surface area contributed by atoms with E-state index >= 15 is 0 Å². The molecule has 25 heavy (non-hydrogen) atoms. The van der Waals surface area contributed by atoms with Crippen LogP contribution in [0.3, 0.4) is 0 Å². The maximum Gasteiger partial charge on any atom is 0.229 e. The van der Waals surface area contributed by atoms with Gasteiger partial charge < -0.3 is 20.1 Å². The lowest BCUT2D eigenvalue weighted by Gasteiger charge is -2.17. The van der Waals surface area contributed by atoms with Crippen molar-refractivity contribution in [2.45, 2.75) is 44.6 Å². The van der Waals surface area contributed by atoms with Crippen LogP contribution in [0.5, 0.6) is 11.5 Å². The summed E-state index contributed by atoms with van der Waals surface area (Å²) in [4.78, 5) is 8.91. The highest BCUT2D eigenvalue weighted by Gasteiger charge is 2.13. The second-order valence-electron chi connectivity index (χ2n) is 6.29. The molecule has 134 valence electrons. The number of ether oxygens (including phenoxy) is 2. The average Bonchev–Trinajstić information content (AvgIpc) is 2.91. The molecule has 1 aromatic carbocycles. The largest absolute Gasteiger partial charge is 0.497 e. The van der Waals surface area contributed by atoms with Crippen LogP contribution < -0.4 is 20.1 Å². The van der Waals surface area contributed by atoms with Gasteiger partial charge in [0.25, 0.3) is 0 Å². The van der Waals surface area contributed by atoms with Gasteiger partial charge in [-0.2, -0.15) is 4.98 Å². The van der Waals surface area contributed by atoms with Crippen molar-refractivity contribution in [2.24, 2.45) is 0 Å². The zero-order valence-corrected chi connectivity index (χ0v) is 14.9. The fraction of sp³-hybridized carbons (Fsp3) is 0.474. The Hall–Kier alpha value is -2.50. The Morgan fingerprint density at radius 1 is 1.00 bits per heavy atom. The molecule has 1 heterocycles. The van der Waals surface area contributed by atoms with Crippen LogP contribution >= 0.6 is 0 Å². The number of aromatic nitrogens is 2. The van der Waals surface area contributed by atoms with E-state index in [-0.39, 0.29) is 0 Å². The number of methoxy groups -OCH3 is 2. The SMILES string of the molecule is COc1ccc(Nc2nccc(NC3CCCCCC3)n2)c(OC)c1. The minimum atomic E-state index is 0.501. The van der Waals surface area contributed by atoms with Gasteiger partial charge in [0.05, 0.1) is 19.9 Å². The summed E-state index contributed by atoms with van der Waals surface area (Å²) < 4.78 is 10.6. The molecule has 0 atom stereocenters. The molecule has 1 saturated carbocycles. The molecule has 2 aromatic rings. The van der Waals surface area contributed by atoms with Crippen molar-refractivity contribution in [1.82, 2.24) is 9.97 Å². The first-order valence-corrected chi connectivity index (χ1v) is 8.87. The Kier molecular flexibility index (Phi) is 5.93. The van der Waals surface area contributed by atoms with Crippen LogP contribution in [0.2, 0.25) is 0 Å². The molecule has 6 nitrogen and oxygen atoms in total. The molecular formula is C19H26N4O2. The van der Waals surface area contributed by atoms with E-state index in [0.717, 1.165) is 17.3 Å². The van der Waals surface area contributed by atoms with Crippen molar-refractivity contribution >= 4 is 17.5 Å². The van der Waals surface area contributed by atoms with Gasteiger partial charge in [0.1, 0.15) is 17.3 Å². The lowest BCUT2D eigenvalue weighted by atomic mass is 10.1. The summed E-state index contributed by atoms with van der Waals surface area (Å²) in [6.07, 6.45) is 9.44. The first-order chi connectivity index (χ1) is 12.3. The van der Waals surface area contributed by atoms with E-state index in [2.05, 4.69) is 20.6 Å². The number of benzene rings is 1. The summed E-state index contributed by atoms with van der Waals surface area (Å²) >= 11 is 0. The fourth-order valence-electron chi connectivity index (χ4n) is 3.15. The predicted molar refractivity (Wildman–Crippen MR) is 100.0 cm³/mol. The van der Waals surface area contributed by atoms with Crippen molar-refractivity contribution < 1.29 is 9.47 Å². The second kappa shape index (κ2) is 8.55. The van der Waals surface area contributed by atoms with E-state index in [0.29, 0.717) is 17.7 Å². The molecule has 3 rings (SSSR count). The summed E-state index contributed by atoms with van der Waals surface area (Å²) in [5.41, 5.74) is 0.801. The zero-order valence-electron chi connectivity index (χ0n) is 14.9. The van der Waals surface area contributed by atoms with Gasteiger partial charge in [0.2, 0.25) is 5.95 Å². The van der Waals surface area contributed by atoms with Crippen LogP contribution in [0.25, 0.3) is 0 Å². The third-order valence-electron chi connectivity index (χ3n) is 4.52.